The average Bonchev–Trinajstić information content (AvgIpc) is 3.28. The van der Waals surface area contributed by atoms with Crippen molar-refractivity contribution in [3.63, 3.8) is 0 Å². The molecule has 1 aliphatic rings. The minimum atomic E-state index is -0.375. The van der Waals surface area contributed by atoms with Gasteiger partial charge in [0.2, 0.25) is 5.91 Å². The van der Waals surface area contributed by atoms with Gasteiger partial charge >= 0.3 is 0 Å². The fourth-order valence-electron chi connectivity index (χ4n) is 3.64. The molecule has 2 aromatic heterocycles. The molecule has 0 bridgehead atoms. The second-order valence-electron chi connectivity index (χ2n) is 7.32. The van der Waals surface area contributed by atoms with Gasteiger partial charge in [-0.05, 0) is 55.3 Å². The van der Waals surface area contributed by atoms with E-state index in [0.29, 0.717) is 31.0 Å². The summed E-state index contributed by atoms with van der Waals surface area (Å²) in [7, 11) is 0. The Labute approximate surface area is 173 Å². The van der Waals surface area contributed by atoms with Crippen molar-refractivity contribution in [1.29, 1.82) is 0 Å². The van der Waals surface area contributed by atoms with E-state index in [0.717, 1.165) is 25.1 Å². The van der Waals surface area contributed by atoms with Crippen LogP contribution in [0.2, 0.25) is 0 Å². The second-order valence-corrected chi connectivity index (χ2v) is 7.32. The fourth-order valence-corrected chi connectivity index (χ4v) is 3.64. The van der Waals surface area contributed by atoms with Crippen LogP contribution in [0.5, 0.6) is 0 Å². The summed E-state index contributed by atoms with van der Waals surface area (Å²) in [6, 6.07) is 12.4. The van der Waals surface area contributed by atoms with E-state index in [1.807, 2.05) is 17.0 Å². The van der Waals surface area contributed by atoms with Crippen LogP contribution in [0.1, 0.15) is 18.6 Å². The van der Waals surface area contributed by atoms with Crippen molar-refractivity contribution in [2.45, 2.75) is 19.3 Å². The van der Waals surface area contributed by atoms with Crippen LogP contribution in [0.25, 0.3) is 5.69 Å². The number of hydrogen-bond acceptors (Lipinski definition) is 5. The lowest BCUT2D eigenvalue weighted by atomic mass is 9.97. The van der Waals surface area contributed by atoms with Gasteiger partial charge < -0.3 is 14.6 Å². The van der Waals surface area contributed by atoms with E-state index < -0.39 is 0 Å². The molecule has 1 aromatic carbocycles. The third-order valence-electron chi connectivity index (χ3n) is 5.22. The molecule has 3 heterocycles. The summed E-state index contributed by atoms with van der Waals surface area (Å²) in [4.78, 5) is 26.9. The van der Waals surface area contributed by atoms with E-state index in [2.05, 4.69) is 10.4 Å². The lowest BCUT2D eigenvalue weighted by molar-refractivity contribution is -0.125. The summed E-state index contributed by atoms with van der Waals surface area (Å²) < 4.78 is 19.7. The number of carbonyl (C=O) groups is 1. The van der Waals surface area contributed by atoms with Crippen molar-refractivity contribution in [3.8, 4) is 5.69 Å². The molecular formula is C22H23FN4O3. The molecular weight excluding hydrogens is 387 g/mol. The average molecular weight is 410 g/mol. The van der Waals surface area contributed by atoms with Gasteiger partial charge in [-0.25, -0.2) is 4.39 Å². The second kappa shape index (κ2) is 8.94. The molecule has 4 rings (SSSR count). The molecule has 0 saturated carbocycles. The number of halogens is 1. The highest BCUT2D eigenvalue weighted by atomic mass is 19.1. The van der Waals surface area contributed by atoms with Crippen LogP contribution in [0.3, 0.4) is 0 Å². The first-order valence-electron chi connectivity index (χ1n) is 10.0. The zero-order valence-electron chi connectivity index (χ0n) is 16.5. The summed E-state index contributed by atoms with van der Waals surface area (Å²) >= 11 is 0. The molecule has 1 saturated heterocycles. The van der Waals surface area contributed by atoms with E-state index in [4.69, 9.17) is 4.42 Å². The van der Waals surface area contributed by atoms with Gasteiger partial charge in [0.15, 0.2) is 0 Å². The number of rotatable bonds is 6. The van der Waals surface area contributed by atoms with Crippen molar-refractivity contribution in [3.05, 3.63) is 76.7 Å². The van der Waals surface area contributed by atoms with E-state index in [1.54, 1.807) is 12.3 Å². The normalized spacial score (nSPS) is 16.4. The maximum Gasteiger partial charge on any atom is 0.271 e. The lowest BCUT2D eigenvalue weighted by Gasteiger charge is -2.32. The molecule has 1 amide bonds. The number of amides is 1. The summed E-state index contributed by atoms with van der Waals surface area (Å²) in [5.74, 6) is 0.946. The Bertz CT molecular complexity index is 1050. The molecule has 1 N–H and O–H groups in total. The van der Waals surface area contributed by atoms with Crippen molar-refractivity contribution in [2.24, 2.45) is 5.92 Å². The van der Waals surface area contributed by atoms with Gasteiger partial charge in [0.1, 0.15) is 17.4 Å². The topological polar surface area (TPSA) is 80.4 Å². The standard InChI is InChI=1S/C22H23FN4O3/c23-17-5-7-18(8-6-17)27-21(28)10-9-20(25-27)26-13-1-3-16(15-26)22(29)24-12-11-19-4-2-14-30-19/h2,4-10,14,16H,1,3,11-13,15H2,(H,24,29). The molecule has 3 aromatic rings. The Balaban J connectivity index is 1.42. The predicted molar refractivity (Wildman–Crippen MR) is 110 cm³/mol. The summed E-state index contributed by atoms with van der Waals surface area (Å²) in [5, 5.41) is 7.43. The highest BCUT2D eigenvalue weighted by Gasteiger charge is 2.26. The lowest BCUT2D eigenvalue weighted by Crippen LogP contribution is -2.44. The van der Waals surface area contributed by atoms with Gasteiger partial charge in [-0.3, -0.25) is 9.59 Å². The molecule has 7 nitrogen and oxygen atoms in total. The first kappa shape index (κ1) is 19.9. The van der Waals surface area contributed by atoms with E-state index in [1.165, 1.54) is 35.0 Å². The smallest absolute Gasteiger partial charge is 0.271 e. The van der Waals surface area contributed by atoms with Gasteiger partial charge in [0, 0.05) is 32.1 Å². The molecule has 30 heavy (non-hydrogen) atoms. The first-order valence-corrected chi connectivity index (χ1v) is 10.0. The van der Waals surface area contributed by atoms with Crippen molar-refractivity contribution < 1.29 is 13.6 Å². The molecule has 156 valence electrons. The molecule has 0 radical (unpaired) electrons. The first-order chi connectivity index (χ1) is 14.6. The van der Waals surface area contributed by atoms with Crippen LogP contribution in [0, 0.1) is 11.7 Å². The zero-order chi connectivity index (χ0) is 20.9. The number of anilines is 1. The Kier molecular flexibility index (Phi) is 5.92. The van der Waals surface area contributed by atoms with Gasteiger partial charge in [-0.1, -0.05) is 0 Å². The maximum absolute atomic E-state index is 13.2. The van der Waals surface area contributed by atoms with Crippen LogP contribution < -0.4 is 15.8 Å². The molecule has 1 aliphatic heterocycles. The van der Waals surface area contributed by atoms with Crippen LogP contribution in [-0.4, -0.2) is 35.3 Å². The number of piperidine rings is 1. The highest BCUT2D eigenvalue weighted by Crippen LogP contribution is 2.21. The summed E-state index contributed by atoms with van der Waals surface area (Å²) in [6.07, 6.45) is 3.93. The Morgan fingerprint density at radius 1 is 1.20 bits per heavy atom. The van der Waals surface area contributed by atoms with Crippen LogP contribution in [-0.2, 0) is 11.2 Å². The van der Waals surface area contributed by atoms with Gasteiger partial charge in [-0.2, -0.15) is 4.68 Å². The van der Waals surface area contributed by atoms with Crippen LogP contribution >= 0.6 is 0 Å². The number of benzene rings is 1. The van der Waals surface area contributed by atoms with E-state index >= 15 is 0 Å². The zero-order valence-corrected chi connectivity index (χ0v) is 16.5. The van der Waals surface area contributed by atoms with Crippen molar-refractivity contribution in [2.75, 3.05) is 24.5 Å². The molecule has 0 spiro atoms. The molecule has 0 aliphatic carbocycles. The summed E-state index contributed by atoms with van der Waals surface area (Å²) in [6.45, 7) is 1.81. The third kappa shape index (κ3) is 4.59. The fraction of sp³-hybridized carbons (Fsp3) is 0.318. The van der Waals surface area contributed by atoms with E-state index in [-0.39, 0.29) is 23.2 Å². The van der Waals surface area contributed by atoms with Gasteiger partial charge in [-0.15, -0.1) is 5.10 Å². The molecule has 8 heteroatoms. The number of nitrogens with zero attached hydrogens (tertiary/aromatic N) is 3. The van der Waals surface area contributed by atoms with E-state index in [9.17, 15) is 14.0 Å². The summed E-state index contributed by atoms with van der Waals surface area (Å²) in [5.41, 5.74) is 0.196. The Hall–Kier alpha value is -3.42. The van der Waals surface area contributed by atoms with Crippen LogP contribution in [0.4, 0.5) is 10.2 Å². The van der Waals surface area contributed by atoms with Gasteiger partial charge in [0.25, 0.3) is 5.56 Å². The Morgan fingerprint density at radius 2 is 2.03 bits per heavy atom. The number of carbonyl (C=O) groups excluding carboxylic acids is 1. The van der Waals surface area contributed by atoms with Gasteiger partial charge in [0.05, 0.1) is 17.9 Å². The minimum absolute atomic E-state index is 0.0121. The molecule has 1 unspecified atom stereocenters. The predicted octanol–water partition coefficient (Wildman–Crippen LogP) is 2.54. The monoisotopic (exact) mass is 410 g/mol. The number of hydrogen-bond donors (Lipinski definition) is 1. The number of furan rings is 1. The van der Waals surface area contributed by atoms with Crippen molar-refractivity contribution in [1.82, 2.24) is 15.1 Å². The largest absolute Gasteiger partial charge is 0.469 e. The molecule has 1 fully saturated rings. The molecule has 1 atom stereocenters. The van der Waals surface area contributed by atoms with Crippen molar-refractivity contribution >= 4 is 11.7 Å². The third-order valence-corrected chi connectivity index (χ3v) is 5.22. The number of nitrogens with one attached hydrogen (secondary N) is 1. The SMILES string of the molecule is O=C(NCCc1ccco1)C1CCCN(c2ccc(=O)n(-c3ccc(F)cc3)n2)C1. The van der Waals surface area contributed by atoms with Crippen LogP contribution in [0.15, 0.2) is 64.0 Å². The minimum Gasteiger partial charge on any atom is -0.469 e. The maximum atomic E-state index is 13.2. The Morgan fingerprint density at radius 3 is 2.80 bits per heavy atom. The highest BCUT2D eigenvalue weighted by molar-refractivity contribution is 5.79. The quantitative estimate of drug-likeness (QED) is 0.676. The number of aromatic nitrogens is 2.